The number of carboxylic acids is 1. The number of hydrogen-bond donors (Lipinski definition) is 9. The number of aromatic hydroxyl groups is 4. The van der Waals surface area contributed by atoms with Gasteiger partial charge in [0, 0.05) is 55.0 Å². The Morgan fingerprint density at radius 3 is 1.38 bits per heavy atom. The zero-order valence-corrected chi connectivity index (χ0v) is 47.7. The highest BCUT2D eigenvalue weighted by Crippen LogP contribution is 2.45. The lowest BCUT2D eigenvalue weighted by molar-refractivity contribution is -0.138. The Balaban J connectivity index is 1.52. The summed E-state index contributed by atoms with van der Waals surface area (Å²) >= 11 is 1.03. The molecular formula is C52H94N6O20S. The van der Waals surface area contributed by atoms with Crippen LogP contribution in [-0.4, -0.2) is 242 Å². The molecule has 0 radical (unpaired) electrons. The number of nitrogens with two attached hydrogens (primary N) is 2. The van der Waals surface area contributed by atoms with Gasteiger partial charge in [-0.1, -0.05) is 33.6 Å². The minimum atomic E-state index is -1.27. The Morgan fingerprint density at radius 2 is 1.00 bits per heavy atom. The number of hydrogen-bond acceptors (Lipinski definition) is 22. The highest BCUT2D eigenvalue weighted by Gasteiger charge is 2.37. The minimum Gasteiger partial charge on any atom is -0.494 e. The average Bonchev–Trinajstić information content (AvgIpc) is 3.90. The van der Waals surface area contributed by atoms with Crippen molar-refractivity contribution in [2.24, 2.45) is 11.5 Å². The van der Waals surface area contributed by atoms with Crippen LogP contribution in [0.2, 0.25) is 0 Å². The number of carbonyl (C=O) groups is 3. The summed E-state index contributed by atoms with van der Waals surface area (Å²) in [5, 5.41) is 57.7. The molecule has 26 nitrogen and oxygen atoms in total. The highest BCUT2D eigenvalue weighted by molar-refractivity contribution is 7.99. The zero-order valence-electron chi connectivity index (χ0n) is 46.9. The molecule has 458 valence electrons. The first-order valence-corrected chi connectivity index (χ1v) is 28.4. The van der Waals surface area contributed by atoms with E-state index in [1.807, 2.05) is 13.8 Å². The third-order valence-corrected chi connectivity index (χ3v) is 13.4. The molecule has 2 unspecified atom stereocenters. The molecule has 27 heteroatoms. The molecule has 0 spiro atoms. The van der Waals surface area contributed by atoms with Gasteiger partial charge in [0.25, 0.3) is 0 Å². The van der Waals surface area contributed by atoms with Crippen LogP contribution in [0.25, 0.3) is 0 Å². The van der Waals surface area contributed by atoms with Crippen molar-refractivity contribution in [1.82, 2.24) is 19.8 Å². The molecule has 11 N–H and O–H groups in total. The number of carboxylic acid groups (broad SMARTS) is 1. The van der Waals surface area contributed by atoms with Gasteiger partial charge in [0.05, 0.1) is 170 Å². The van der Waals surface area contributed by atoms with Gasteiger partial charge in [0.2, 0.25) is 17.7 Å². The number of unbranched alkanes of at least 4 members (excludes halogenated alkanes) is 1. The van der Waals surface area contributed by atoms with E-state index in [9.17, 15) is 34.8 Å². The first-order chi connectivity index (χ1) is 38.4. The molecule has 0 aliphatic carbocycles. The van der Waals surface area contributed by atoms with Crippen LogP contribution in [0, 0.1) is 0 Å². The van der Waals surface area contributed by atoms with Crippen LogP contribution in [0.4, 0.5) is 0 Å². The van der Waals surface area contributed by atoms with E-state index in [2.05, 4.69) is 17.6 Å². The normalized spacial score (nSPS) is 12.6. The maximum atomic E-state index is 13.9. The highest BCUT2D eigenvalue weighted by atomic mass is 32.2. The second kappa shape index (κ2) is 45.6. The lowest BCUT2D eigenvalue weighted by Crippen LogP contribution is -2.51. The van der Waals surface area contributed by atoms with E-state index in [0.717, 1.165) is 35.6 Å². The Bertz CT molecular complexity index is 1880. The SMILES string of the molecule is CCCCC(CC)(CC)c1cc(O)n(C(CN)C(=O)NC(CSc2cc(O)n(CCN)c2O)C(=O)NCCOCCOCCOCCOCCOCCOCCOCCOCCOCCOCCOCCOCCC(=O)O)c1O. The van der Waals surface area contributed by atoms with Crippen molar-refractivity contribution in [2.45, 2.75) is 88.2 Å². The standard InChI is InChI=1S/C52H94N6O20S/c1-4-7-9-52(5-2,6-3)41-37-46(60)58(50(41)65)43(39-54)49(64)56-42(40-79-44-38-45(59)57(12-10-53)51(44)66)48(63)55-11-14-68-16-18-70-20-22-72-24-26-74-28-30-76-32-34-78-36-35-77-33-31-75-29-27-73-25-23-71-21-19-69-17-15-67-13-8-47(61)62/h37-38,42-43,59-60,65-66H,4-36,39-40,53-54H2,1-3H3,(H,55,63)(H,56,64)(H,61,62). The van der Waals surface area contributed by atoms with Crippen molar-refractivity contribution >= 4 is 29.5 Å². The van der Waals surface area contributed by atoms with E-state index < -0.39 is 35.3 Å². The Hall–Kier alpha value is -4.04. The number of carbonyl (C=O) groups excluding carboxylic acids is 2. The summed E-state index contributed by atoms with van der Waals surface area (Å²) < 4.78 is 67.9. The molecule has 2 atom stereocenters. The lowest BCUT2D eigenvalue weighted by atomic mass is 9.73. The fourth-order valence-corrected chi connectivity index (χ4v) is 8.80. The molecule has 2 heterocycles. The molecule has 0 saturated heterocycles. The van der Waals surface area contributed by atoms with Crippen molar-refractivity contribution in [1.29, 1.82) is 0 Å². The van der Waals surface area contributed by atoms with Crippen molar-refractivity contribution in [3.8, 4) is 23.5 Å². The average molecular weight is 1160 g/mol. The molecular weight excluding hydrogens is 1060 g/mol. The van der Waals surface area contributed by atoms with Gasteiger partial charge in [-0.05, 0) is 19.3 Å². The third-order valence-electron chi connectivity index (χ3n) is 12.3. The summed E-state index contributed by atoms with van der Waals surface area (Å²) in [6, 6.07) is 0.382. The molecule has 0 aliphatic heterocycles. The molecule has 2 amide bonds. The molecule has 0 fully saturated rings. The molecule has 0 aliphatic rings. The Kier molecular flexibility index (Phi) is 41.0. The van der Waals surface area contributed by atoms with Crippen molar-refractivity contribution < 1.29 is 96.8 Å². The quantitative estimate of drug-likeness (QED) is 0.0337. The molecule has 2 aromatic heterocycles. The second-order valence-corrected chi connectivity index (χ2v) is 18.8. The number of amides is 2. The number of nitrogens with one attached hydrogen (secondary N) is 2. The van der Waals surface area contributed by atoms with Crippen molar-refractivity contribution in [3.05, 3.63) is 17.7 Å². The van der Waals surface area contributed by atoms with E-state index in [4.69, 9.17) is 73.4 Å². The van der Waals surface area contributed by atoms with Crippen LogP contribution >= 0.6 is 11.8 Å². The summed E-state index contributed by atoms with van der Waals surface area (Å²) in [7, 11) is 0. The monoisotopic (exact) mass is 1150 g/mol. The first kappa shape index (κ1) is 71.1. The zero-order chi connectivity index (χ0) is 57.8. The summed E-state index contributed by atoms with van der Waals surface area (Å²) in [5.41, 5.74) is 11.8. The van der Waals surface area contributed by atoms with Crippen LogP contribution in [0.15, 0.2) is 17.0 Å². The molecule has 2 rings (SSSR count). The van der Waals surface area contributed by atoms with Crippen molar-refractivity contribution in [2.75, 3.05) is 184 Å². The fourth-order valence-electron chi connectivity index (χ4n) is 7.79. The third kappa shape index (κ3) is 30.0. The van der Waals surface area contributed by atoms with Gasteiger partial charge in [-0.3, -0.25) is 23.5 Å². The molecule has 0 aromatic carbocycles. The van der Waals surface area contributed by atoms with Gasteiger partial charge in [0.1, 0.15) is 12.1 Å². The largest absolute Gasteiger partial charge is 0.494 e. The number of rotatable bonds is 55. The minimum absolute atomic E-state index is 0.0205. The topological polar surface area (TPSA) is 349 Å². The predicted molar refractivity (Wildman–Crippen MR) is 292 cm³/mol. The second-order valence-electron chi connectivity index (χ2n) is 17.7. The van der Waals surface area contributed by atoms with Crippen LogP contribution in [0.1, 0.15) is 70.9 Å². The lowest BCUT2D eigenvalue weighted by Gasteiger charge is -2.32. The van der Waals surface area contributed by atoms with Crippen LogP contribution < -0.4 is 22.1 Å². The first-order valence-electron chi connectivity index (χ1n) is 27.4. The fraction of sp³-hybridized carbons (Fsp3) is 0.788. The van der Waals surface area contributed by atoms with Crippen LogP contribution in [-0.2, 0) is 83.2 Å². The van der Waals surface area contributed by atoms with Gasteiger partial charge < -0.3 is 104 Å². The van der Waals surface area contributed by atoms with Gasteiger partial charge >= 0.3 is 5.97 Å². The van der Waals surface area contributed by atoms with Crippen LogP contribution in [0.3, 0.4) is 0 Å². The van der Waals surface area contributed by atoms with E-state index in [1.165, 1.54) is 16.7 Å². The van der Waals surface area contributed by atoms with E-state index >= 15 is 0 Å². The summed E-state index contributed by atoms with van der Waals surface area (Å²) in [4.78, 5) is 38.2. The smallest absolute Gasteiger partial charge is 0.305 e. The van der Waals surface area contributed by atoms with Gasteiger partial charge in [-0.15, -0.1) is 11.8 Å². The summed E-state index contributed by atoms with van der Waals surface area (Å²) in [6.45, 7) is 15.5. The maximum Gasteiger partial charge on any atom is 0.305 e. The Morgan fingerprint density at radius 1 is 0.582 bits per heavy atom. The molecule has 0 saturated carbocycles. The van der Waals surface area contributed by atoms with Gasteiger partial charge in [-0.2, -0.15) is 0 Å². The molecule has 2 aromatic rings. The molecule has 79 heavy (non-hydrogen) atoms. The number of ether oxygens (including phenoxy) is 12. The number of thioether (sulfide) groups is 1. The van der Waals surface area contributed by atoms with E-state index in [-0.39, 0.29) is 86.6 Å². The van der Waals surface area contributed by atoms with Gasteiger partial charge in [-0.25, -0.2) is 0 Å². The van der Waals surface area contributed by atoms with Gasteiger partial charge in [0.15, 0.2) is 17.6 Å². The Labute approximate surface area is 469 Å². The van der Waals surface area contributed by atoms with E-state index in [1.54, 1.807) is 0 Å². The van der Waals surface area contributed by atoms with Crippen molar-refractivity contribution in [3.63, 3.8) is 0 Å². The molecule has 0 bridgehead atoms. The van der Waals surface area contributed by atoms with E-state index in [0.29, 0.717) is 157 Å². The summed E-state index contributed by atoms with van der Waals surface area (Å²) in [6.07, 6.45) is 4.02. The summed E-state index contributed by atoms with van der Waals surface area (Å²) in [5.74, 6) is -3.28. The number of nitrogens with zero attached hydrogens (tertiary/aromatic N) is 2. The predicted octanol–water partition coefficient (Wildman–Crippen LogP) is 1.89. The number of aliphatic carboxylic acids is 1. The maximum absolute atomic E-state index is 13.9. The number of aromatic nitrogens is 2. The van der Waals surface area contributed by atoms with Crippen LogP contribution in [0.5, 0.6) is 23.5 Å².